The molecule has 0 spiro atoms. The lowest BCUT2D eigenvalue weighted by Crippen LogP contribution is -2.37. The molecule has 2 N–H and O–H groups in total. The van der Waals surface area contributed by atoms with E-state index in [-0.39, 0.29) is 0 Å². The molecular formula is C17H16F3N3. The van der Waals surface area contributed by atoms with E-state index in [1.807, 2.05) is 13.8 Å². The highest BCUT2D eigenvalue weighted by atomic mass is 19.2. The van der Waals surface area contributed by atoms with Crippen molar-refractivity contribution in [2.24, 2.45) is 5.73 Å². The molecule has 0 atom stereocenters. The van der Waals surface area contributed by atoms with Crippen LogP contribution in [-0.4, -0.2) is 15.1 Å². The molecule has 0 radical (unpaired) electrons. The minimum atomic E-state index is -0.972. The van der Waals surface area contributed by atoms with E-state index in [2.05, 4.69) is 4.98 Å². The van der Waals surface area contributed by atoms with Crippen molar-refractivity contribution in [2.45, 2.75) is 25.9 Å². The fourth-order valence-electron chi connectivity index (χ4n) is 2.54. The number of benzene rings is 2. The highest BCUT2D eigenvalue weighted by molar-refractivity contribution is 5.81. The van der Waals surface area contributed by atoms with Gasteiger partial charge in [-0.05, 0) is 26.0 Å². The first-order valence-corrected chi connectivity index (χ1v) is 7.15. The van der Waals surface area contributed by atoms with Gasteiger partial charge in [-0.1, -0.05) is 12.1 Å². The number of fused-ring (bicyclic) bond motifs is 1. The number of aromatic nitrogens is 2. The van der Waals surface area contributed by atoms with Gasteiger partial charge in [0, 0.05) is 29.8 Å². The average Bonchev–Trinajstić information content (AvgIpc) is 2.76. The van der Waals surface area contributed by atoms with Crippen molar-refractivity contribution in [1.29, 1.82) is 0 Å². The molecule has 23 heavy (non-hydrogen) atoms. The van der Waals surface area contributed by atoms with Gasteiger partial charge in [-0.15, -0.1) is 0 Å². The standard InChI is InChI=1S/C17H16F3N3/c1-17(2,21)9-23-15-8-13(20)12(19)7-14(15)22-16(23)10-4-3-5-11(18)6-10/h3-8H,9,21H2,1-2H3. The quantitative estimate of drug-likeness (QED) is 0.797. The van der Waals surface area contributed by atoms with Crippen LogP contribution in [0.2, 0.25) is 0 Å². The van der Waals surface area contributed by atoms with Crippen LogP contribution >= 0.6 is 0 Å². The van der Waals surface area contributed by atoms with E-state index in [1.54, 1.807) is 16.7 Å². The Balaban J connectivity index is 2.29. The molecular weight excluding hydrogens is 303 g/mol. The topological polar surface area (TPSA) is 43.8 Å². The van der Waals surface area contributed by atoms with Crippen LogP contribution in [0.15, 0.2) is 36.4 Å². The Kier molecular flexibility index (Phi) is 3.64. The molecule has 0 saturated heterocycles. The Morgan fingerprint density at radius 3 is 2.43 bits per heavy atom. The molecule has 0 bridgehead atoms. The van der Waals surface area contributed by atoms with Crippen LogP contribution < -0.4 is 5.73 Å². The number of nitrogens with two attached hydrogens (primary N) is 1. The fraction of sp³-hybridized carbons (Fsp3) is 0.235. The summed E-state index contributed by atoms with van der Waals surface area (Å²) in [5.74, 6) is -1.92. The van der Waals surface area contributed by atoms with Crippen LogP contribution in [-0.2, 0) is 6.54 Å². The van der Waals surface area contributed by atoms with Gasteiger partial charge < -0.3 is 10.3 Å². The van der Waals surface area contributed by atoms with E-state index >= 15 is 0 Å². The second kappa shape index (κ2) is 5.38. The summed E-state index contributed by atoms with van der Waals surface area (Å²) in [4.78, 5) is 4.34. The third-order valence-corrected chi connectivity index (χ3v) is 3.44. The zero-order valence-electron chi connectivity index (χ0n) is 12.8. The van der Waals surface area contributed by atoms with E-state index < -0.39 is 23.0 Å². The lowest BCUT2D eigenvalue weighted by molar-refractivity contribution is 0.442. The Morgan fingerprint density at radius 1 is 1.09 bits per heavy atom. The summed E-state index contributed by atoms with van der Waals surface area (Å²) < 4.78 is 42.3. The molecule has 0 fully saturated rings. The van der Waals surface area contributed by atoms with Crippen molar-refractivity contribution in [3.63, 3.8) is 0 Å². The van der Waals surface area contributed by atoms with Crippen molar-refractivity contribution in [3.8, 4) is 11.4 Å². The number of nitrogens with zero attached hydrogens (tertiary/aromatic N) is 2. The molecule has 0 aliphatic rings. The third kappa shape index (κ3) is 3.07. The van der Waals surface area contributed by atoms with E-state index in [1.165, 1.54) is 12.1 Å². The highest BCUT2D eigenvalue weighted by Gasteiger charge is 2.20. The molecule has 0 unspecified atom stereocenters. The maximum Gasteiger partial charge on any atom is 0.161 e. The lowest BCUT2D eigenvalue weighted by atomic mass is 10.1. The molecule has 3 rings (SSSR count). The maximum absolute atomic E-state index is 13.6. The smallest absolute Gasteiger partial charge is 0.161 e. The molecule has 0 amide bonds. The van der Waals surface area contributed by atoms with Gasteiger partial charge in [-0.25, -0.2) is 18.2 Å². The van der Waals surface area contributed by atoms with Gasteiger partial charge in [0.25, 0.3) is 0 Å². The number of hydrogen-bond acceptors (Lipinski definition) is 2. The molecule has 120 valence electrons. The molecule has 0 aliphatic carbocycles. The van der Waals surface area contributed by atoms with E-state index in [9.17, 15) is 13.2 Å². The van der Waals surface area contributed by atoms with E-state index in [0.29, 0.717) is 29.0 Å². The number of hydrogen-bond donors (Lipinski definition) is 1. The first-order valence-electron chi connectivity index (χ1n) is 7.15. The van der Waals surface area contributed by atoms with Gasteiger partial charge in [0.15, 0.2) is 11.6 Å². The van der Waals surface area contributed by atoms with Crippen molar-refractivity contribution in [2.75, 3.05) is 0 Å². The molecule has 1 aromatic heterocycles. The maximum atomic E-state index is 13.6. The Hall–Kier alpha value is -2.34. The van der Waals surface area contributed by atoms with Gasteiger partial charge in [0.1, 0.15) is 11.6 Å². The largest absolute Gasteiger partial charge is 0.324 e. The van der Waals surface area contributed by atoms with Crippen LogP contribution in [0.1, 0.15) is 13.8 Å². The van der Waals surface area contributed by atoms with Gasteiger partial charge in [0.05, 0.1) is 11.0 Å². The Morgan fingerprint density at radius 2 is 1.78 bits per heavy atom. The summed E-state index contributed by atoms with van der Waals surface area (Å²) in [6, 6.07) is 8.02. The normalized spacial score (nSPS) is 12.1. The van der Waals surface area contributed by atoms with Crippen molar-refractivity contribution >= 4 is 11.0 Å². The van der Waals surface area contributed by atoms with Crippen LogP contribution in [0.25, 0.3) is 22.4 Å². The molecule has 3 nitrogen and oxygen atoms in total. The van der Waals surface area contributed by atoms with Crippen molar-refractivity contribution < 1.29 is 13.2 Å². The number of halogens is 3. The van der Waals surface area contributed by atoms with Gasteiger partial charge >= 0.3 is 0 Å². The van der Waals surface area contributed by atoms with Crippen LogP contribution in [0.3, 0.4) is 0 Å². The van der Waals surface area contributed by atoms with Gasteiger partial charge in [-0.3, -0.25) is 0 Å². The number of imidazole rings is 1. The monoisotopic (exact) mass is 319 g/mol. The zero-order chi connectivity index (χ0) is 16.8. The van der Waals surface area contributed by atoms with Crippen LogP contribution in [0.5, 0.6) is 0 Å². The molecule has 6 heteroatoms. The first-order chi connectivity index (χ1) is 10.7. The van der Waals surface area contributed by atoms with Gasteiger partial charge in [-0.2, -0.15) is 0 Å². The first kappa shape index (κ1) is 15.6. The zero-order valence-corrected chi connectivity index (χ0v) is 12.8. The number of rotatable bonds is 3. The molecule has 3 aromatic rings. The lowest BCUT2D eigenvalue weighted by Gasteiger charge is -2.21. The summed E-state index contributed by atoms with van der Waals surface area (Å²) in [6.07, 6.45) is 0. The molecule has 2 aromatic carbocycles. The molecule has 0 aliphatic heterocycles. The minimum absolute atomic E-state index is 0.299. The molecule has 1 heterocycles. The second-order valence-corrected chi connectivity index (χ2v) is 6.28. The van der Waals surface area contributed by atoms with Crippen LogP contribution in [0, 0.1) is 17.5 Å². The Bertz CT molecular complexity index is 879. The third-order valence-electron chi connectivity index (χ3n) is 3.44. The highest BCUT2D eigenvalue weighted by Crippen LogP contribution is 2.28. The second-order valence-electron chi connectivity index (χ2n) is 6.28. The summed E-state index contributed by atoms with van der Waals surface area (Å²) >= 11 is 0. The fourth-order valence-corrected chi connectivity index (χ4v) is 2.54. The predicted octanol–water partition coefficient (Wildman–Crippen LogP) is 3.86. The predicted molar refractivity (Wildman–Crippen MR) is 83.3 cm³/mol. The summed E-state index contributed by atoms with van der Waals surface area (Å²) in [7, 11) is 0. The van der Waals surface area contributed by atoms with Crippen molar-refractivity contribution in [3.05, 3.63) is 53.8 Å². The SMILES string of the molecule is CC(C)(N)Cn1c(-c2cccc(F)c2)nc2cc(F)c(F)cc21. The van der Waals surface area contributed by atoms with Crippen LogP contribution in [0.4, 0.5) is 13.2 Å². The average molecular weight is 319 g/mol. The summed E-state index contributed by atoms with van der Waals surface area (Å²) in [6.45, 7) is 3.95. The van der Waals surface area contributed by atoms with E-state index in [0.717, 1.165) is 12.1 Å². The van der Waals surface area contributed by atoms with E-state index in [4.69, 9.17) is 5.73 Å². The summed E-state index contributed by atoms with van der Waals surface area (Å²) in [5.41, 5.74) is 6.70. The van der Waals surface area contributed by atoms with Crippen molar-refractivity contribution in [1.82, 2.24) is 9.55 Å². The summed E-state index contributed by atoms with van der Waals surface area (Å²) in [5, 5.41) is 0. The molecule has 0 saturated carbocycles. The Labute approximate surface area is 131 Å². The van der Waals surface area contributed by atoms with Gasteiger partial charge in [0.2, 0.25) is 0 Å². The minimum Gasteiger partial charge on any atom is -0.324 e.